The molecule has 0 aliphatic rings. The van der Waals surface area contributed by atoms with Crippen LogP contribution in [0.5, 0.6) is 0 Å². The van der Waals surface area contributed by atoms with Crippen LogP contribution in [0.15, 0.2) is 18.2 Å². The van der Waals surface area contributed by atoms with Crippen molar-refractivity contribution in [2.24, 2.45) is 0 Å². The molecular formula is C15H23N3O2. The lowest BCUT2D eigenvalue weighted by atomic mass is 10.1. The molecule has 1 aromatic rings. The first-order valence-electron chi connectivity index (χ1n) is 6.91. The second kappa shape index (κ2) is 8.32. The Balaban J connectivity index is 2.71. The van der Waals surface area contributed by atoms with E-state index in [4.69, 9.17) is 0 Å². The zero-order valence-corrected chi connectivity index (χ0v) is 12.4. The largest absolute Gasteiger partial charge is 0.352 e. The third-order valence-electron chi connectivity index (χ3n) is 2.94. The molecule has 0 fully saturated rings. The third-order valence-corrected chi connectivity index (χ3v) is 2.94. The van der Waals surface area contributed by atoms with Crippen molar-refractivity contribution in [1.29, 1.82) is 0 Å². The minimum absolute atomic E-state index is 0.0311. The van der Waals surface area contributed by atoms with Crippen LogP contribution in [0.25, 0.3) is 0 Å². The lowest BCUT2D eigenvalue weighted by molar-refractivity contribution is -0.116. The highest BCUT2D eigenvalue weighted by atomic mass is 16.2. The van der Waals surface area contributed by atoms with Gasteiger partial charge < -0.3 is 16.0 Å². The van der Waals surface area contributed by atoms with Gasteiger partial charge in [0.05, 0.1) is 0 Å². The van der Waals surface area contributed by atoms with Gasteiger partial charge in [-0.1, -0.05) is 6.07 Å². The molecule has 0 bridgehead atoms. The monoisotopic (exact) mass is 277 g/mol. The number of rotatable bonds is 7. The van der Waals surface area contributed by atoms with E-state index in [0.717, 1.165) is 18.5 Å². The minimum Gasteiger partial charge on any atom is -0.352 e. The third kappa shape index (κ3) is 5.01. The molecule has 110 valence electrons. The van der Waals surface area contributed by atoms with E-state index >= 15 is 0 Å². The van der Waals surface area contributed by atoms with Gasteiger partial charge in [-0.25, -0.2) is 0 Å². The molecule has 0 aromatic heterocycles. The van der Waals surface area contributed by atoms with Crippen LogP contribution in [0.2, 0.25) is 0 Å². The summed E-state index contributed by atoms with van der Waals surface area (Å²) >= 11 is 0. The average molecular weight is 277 g/mol. The summed E-state index contributed by atoms with van der Waals surface area (Å²) in [6, 6.07) is 5.32. The summed E-state index contributed by atoms with van der Waals surface area (Å²) in [5.74, 6) is -0.158. The first-order valence-corrected chi connectivity index (χ1v) is 6.91. The van der Waals surface area contributed by atoms with Gasteiger partial charge in [0.2, 0.25) is 5.91 Å². The standard InChI is InChI=1S/C15H23N3O2/c1-4-17-15(20)12-8-7-11(2)13(10-12)18-14(19)6-5-9-16-3/h7-8,10,16H,4-6,9H2,1-3H3,(H,17,20)(H,18,19). The number of benzene rings is 1. The smallest absolute Gasteiger partial charge is 0.251 e. The Labute approximate surface area is 120 Å². The van der Waals surface area contributed by atoms with Crippen molar-refractivity contribution in [2.75, 3.05) is 25.5 Å². The molecule has 5 heteroatoms. The van der Waals surface area contributed by atoms with Crippen molar-refractivity contribution in [2.45, 2.75) is 26.7 Å². The molecule has 0 aliphatic heterocycles. The Morgan fingerprint density at radius 1 is 1.25 bits per heavy atom. The van der Waals surface area contributed by atoms with Gasteiger partial charge in [-0.05, 0) is 51.6 Å². The molecule has 1 aromatic carbocycles. The molecule has 0 saturated carbocycles. The number of hydrogen-bond acceptors (Lipinski definition) is 3. The van der Waals surface area contributed by atoms with Crippen molar-refractivity contribution in [3.05, 3.63) is 29.3 Å². The van der Waals surface area contributed by atoms with Gasteiger partial charge in [-0.3, -0.25) is 9.59 Å². The van der Waals surface area contributed by atoms with Gasteiger partial charge in [0.15, 0.2) is 0 Å². The molecule has 3 N–H and O–H groups in total. The molecule has 20 heavy (non-hydrogen) atoms. The van der Waals surface area contributed by atoms with Crippen LogP contribution in [0.3, 0.4) is 0 Å². The highest BCUT2D eigenvalue weighted by Gasteiger charge is 2.09. The molecular weight excluding hydrogens is 254 g/mol. The lowest BCUT2D eigenvalue weighted by Crippen LogP contribution is -2.23. The summed E-state index contributed by atoms with van der Waals surface area (Å²) in [4.78, 5) is 23.6. The second-order valence-electron chi connectivity index (χ2n) is 4.64. The summed E-state index contributed by atoms with van der Waals surface area (Å²) in [6.45, 7) is 5.17. The quantitative estimate of drug-likeness (QED) is 0.664. The Kier molecular flexibility index (Phi) is 6.73. The maximum absolute atomic E-state index is 11.8. The number of amides is 2. The lowest BCUT2D eigenvalue weighted by Gasteiger charge is -2.10. The predicted octanol–water partition coefficient (Wildman–Crippen LogP) is 1.68. The summed E-state index contributed by atoms with van der Waals surface area (Å²) in [7, 11) is 1.86. The summed E-state index contributed by atoms with van der Waals surface area (Å²) < 4.78 is 0. The Hall–Kier alpha value is -1.88. The predicted molar refractivity (Wildman–Crippen MR) is 81.0 cm³/mol. The van der Waals surface area contributed by atoms with E-state index in [1.54, 1.807) is 12.1 Å². The highest BCUT2D eigenvalue weighted by Crippen LogP contribution is 2.17. The van der Waals surface area contributed by atoms with Gasteiger partial charge in [0, 0.05) is 24.2 Å². The molecule has 5 nitrogen and oxygen atoms in total. The van der Waals surface area contributed by atoms with E-state index in [2.05, 4.69) is 16.0 Å². The number of carbonyl (C=O) groups excluding carboxylic acids is 2. The highest BCUT2D eigenvalue weighted by molar-refractivity contribution is 5.97. The molecule has 0 saturated heterocycles. The van der Waals surface area contributed by atoms with Crippen molar-refractivity contribution in [1.82, 2.24) is 10.6 Å². The van der Waals surface area contributed by atoms with Crippen LogP contribution in [-0.2, 0) is 4.79 Å². The van der Waals surface area contributed by atoms with Crippen molar-refractivity contribution < 1.29 is 9.59 Å². The minimum atomic E-state index is -0.127. The second-order valence-corrected chi connectivity index (χ2v) is 4.64. The van der Waals surface area contributed by atoms with Crippen molar-refractivity contribution in [3.63, 3.8) is 0 Å². The first kappa shape index (κ1) is 16.2. The molecule has 0 atom stereocenters. The number of carbonyl (C=O) groups is 2. The van der Waals surface area contributed by atoms with Crippen molar-refractivity contribution >= 4 is 17.5 Å². The Morgan fingerprint density at radius 2 is 2.00 bits per heavy atom. The normalized spacial score (nSPS) is 10.2. The summed E-state index contributed by atoms with van der Waals surface area (Å²) in [6.07, 6.45) is 1.25. The van der Waals surface area contributed by atoms with E-state index in [-0.39, 0.29) is 11.8 Å². The summed E-state index contributed by atoms with van der Waals surface area (Å²) in [5.41, 5.74) is 2.20. The van der Waals surface area contributed by atoms with Crippen LogP contribution in [0.4, 0.5) is 5.69 Å². The zero-order chi connectivity index (χ0) is 15.0. The van der Waals surface area contributed by atoms with Gasteiger partial charge in [0.1, 0.15) is 0 Å². The van der Waals surface area contributed by atoms with E-state index < -0.39 is 0 Å². The van der Waals surface area contributed by atoms with Gasteiger partial charge in [-0.15, -0.1) is 0 Å². The fourth-order valence-electron chi connectivity index (χ4n) is 1.80. The molecule has 1 rings (SSSR count). The van der Waals surface area contributed by atoms with E-state index in [9.17, 15) is 9.59 Å². The SMILES string of the molecule is CCNC(=O)c1ccc(C)c(NC(=O)CCCNC)c1. The van der Waals surface area contributed by atoms with Crippen molar-refractivity contribution in [3.8, 4) is 0 Å². The summed E-state index contributed by atoms with van der Waals surface area (Å²) in [5, 5.41) is 8.61. The maximum atomic E-state index is 11.8. The van der Waals surface area contributed by atoms with Crippen LogP contribution in [-0.4, -0.2) is 32.0 Å². The molecule has 2 amide bonds. The number of nitrogens with one attached hydrogen (secondary N) is 3. The zero-order valence-electron chi connectivity index (χ0n) is 12.4. The average Bonchev–Trinajstić information content (AvgIpc) is 2.42. The molecule has 0 spiro atoms. The number of hydrogen-bond donors (Lipinski definition) is 3. The molecule has 0 aliphatic carbocycles. The molecule has 0 heterocycles. The van der Waals surface area contributed by atoms with E-state index in [1.807, 2.05) is 27.0 Å². The maximum Gasteiger partial charge on any atom is 0.251 e. The number of anilines is 1. The molecule has 0 radical (unpaired) electrons. The van der Waals surface area contributed by atoms with Gasteiger partial charge >= 0.3 is 0 Å². The van der Waals surface area contributed by atoms with E-state index in [0.29, 0.717) is 24.2 Å². The van der Waals surface area contributed by atoms with Crippen LogP contribution in [0, 0.1) is 6.92 Å². The topological polar surface area (TPSA) is 70.2 Å². The molecule has 0 unspecified atom stereocenters. The van der Waals surface area contributed by atoms with Gasteiger partial charge in [-0.2, -0.15) is 0 Å². The fraction of sp³-hybridized carbons (Fsp3) is 0.467. The van der Waals surface area contributed by atoms with Crippen LogP contribution in [0.1, 0.15) is 35.7 Å². The van der Waals surface area contributed by atoms with Gasteiger partial charge in [0.25, 0.3) is 5.91 Å². The first-order chi connectivity index (χ1) is 9.58. The fourth-order valence-corrected chi connectivity index (χ4v) is 1.80. The van der Waals surface area contributed by atoms with E-state index in [1.165, 1.54) is 0 Å². The van der Waals surface area contributed by atoms with Crippen LogP contribution >= 0.6 is 0 Å². The van der Waals surface area contributed by atoms with Crippen LogP contribution < -0.4 is 16.0 Å². The Morgan fingerprint density at radius 3 is 2.65 bits per heavy atom. The Bertz CT molecular complexity index is 472. The number of aryl methyl sites for hydroxylation is 1.